The molecule has 2 atom stereocenters. The van der Waals surface area contributed by atoms with Crippen LogP contribution < -0.4 is 0 Å². The largest absolute Gasteiger partial charge is 0.477 e. The first-order valence-corrected chi connectivity index (χ1v) is 12.5. The number of hydrogen-bond donors (Lipinski definition) is 2. The van der Waals surface area contributed by atoms with Gasteiger partial charge in [0.15, 0.2) is 6.04 Å². The van der Waals surface area contributed by atoms with Crippen LogP contribution in [0.15, 0.2) is 60.8 Å². The molecule has 0 heterocycles. The minimum Gasteiger partial charge on any atom is -0.477 e. The molecule has 0 aromatic heterocycles. The number of unbranched alkanes of at least 4 members (excludes halogenated alkanes) is 3. The monoisotopic (exact) mass is 492 g/mol. The molecule has 0 amide bonds. The lowest BCUT2D eigenvalue weighted by Gasteiger charge is -2.31. The molecule has 0 spiro atoms. The minimum atomic E-state index is -0.923. The number of aliphatic hydroxyl groups excluding tert-OH is 1. The molecule has 0 saturated carbocycles. The van der Waals surface area contributed by atoms with Gasteiger partial charge in [-0.05, 0) is 25.7 Å². The van der Waals surface area contributed by atoms with E-state index in [9.17, 15) is 19.8 Å². The first-order valence-electron chi connectivity index (χ1n) is 12.5. The summed E-state index contributed by atoms with van der Waals surface area (Å²) in [5, 5.41) is 19.2. The van der Waals surface area contributed by atoms with Crippen LogP contribution in [0.5, 0.6) is 0 Å². The number of nitrogens with zero attached hydrogens (tertiary/aromatic N) is 1. The first-order chi connectivity index (χ1) is 16.7. The van der Waals surface area contributed by atoms with Gasteiger partial charge < -0.3 is 24.2 Å². The van der Waals surface area contributed by atoms with Crippen LogP contribution in [0, 0.1) is 0 Å². The van der Waals surface area contributed by atoms with Gasteiger partial charge in [0.2, 0.25) is 0 Å². The molecule has 0 aromatic carbocycles. The van der Waals surface area contributed by atoms with Crippen molar-refractivity contribution in [1.82, 2.24) is 0 Å². The molecule has 0 aliphatic heterocycles. The molecule has 2 N–H and O–H groups in total. The highest BCUT2D eigenvalue weighted by molar-refractivity contribution is 5.72. The highest BCUT2D eigenvalue weighted by Gasteiger charge is 2.30. The zero-order valence-electron chi connectivity index (χ0n) is 22.0. The predicted octanol–water partition coefficient (Wildman–Crippen LogP) is 4.60. The number of rotatable bonds is 20. The van der Waals surface area contributed by atoms with Crippen molar-refractivity contribution in [3.8, 4) is 0 Å². The molecule has 0 saturated heterocycles. The van der Waals surface area contributed by atoms with E-state index in [1.807, 2.05) is 69.8 Å². The van der Waals surface area contributed by atoms with E-state index in [0.29, 0.717) is 17.3 Å². The number of ether oxygens (including phenoxy) is 2. The van der Waals surface area contributed by atoms with Gasteiger partial charge in [0.1, 0.15) is 12.7 Å². The number of likely N-dealkylation sites (N-methyl/N-ethyl adjacent to an activating group) is 1. The van der Waals surface area contributed by atoms with Gasteiger partial charge in [-0.2, -0.15) is 0 Å². The van der Waals surface area contributed by atoms with Gasteiger partial charge in [0.25, 0.3) is 0 Å². The van der Waals surface area contributed by atoms with E-state index in [1.165, 1.54) is 0 Å². The number of esters is 1. The smallest absolute Gasteiger partial charge is 0.362 e. The van der Waals surface area contributed by atoms with E-state index in [1.54, 1.807) is 0 Å². The molecule has 0 bridgehead atoms. The molecule has 7 nitrogen and oxygen atoms in total. The van der Waals surface area contributed by atoms with Crippen LogP contribution in [0.1, 0.15) is 51.9 Å². The summed E-state index contributed by atoms with van der Waals surface area (Å²) in [6.07, 6.45) is 24.6. The fourth-order valence-corrected chi connectivity index (χ4v) is 3.05. The van der Waals surface area contributed by atoms with Gasteiger partial charge in [-0.3, -0.25) is 4.79 Å². The van der Waals surface area contributed by atoms with Gasteiger partial charge in [-0.1, -0.05) is 74.1 Å². The van der Waals surface area contributed by atoms with Crippen molar-refractivity contribution < 1.29 is 33.8 Å². The Morgan fingerprint density at radius 3 is 2.03 bits per heavy atom. The summed E-state index contributed by atoms with van der Waals surface area (Å²) in [4.78, 5) is 23.1. The number of hydrogen-bond acceptors (Lipinski definition) is 5. The van der Waals surface area contributed by atoms with Crippen LogP contribution in [-0.4, -0.2) is 79.7 Å². The first kappa shape index (κ1) is 32.5. The Morgan fingerprint density at radius 1 is 0.857 bits per heavy atom. The predicted molar refractivity (Wildman–Crippen MR) is 141 cm³/mol. The van der Waals surface area contributed by atoms with E-state index in [2.05, 4.69) is 19.1 Å². The van der Waals surface area contributed by atoms with Gasteiger partial charge >= 0.3 is 11.9 Å². The Hall–Kier alpha value is -2.48. The van der Waals surface area contributed by atoms with E-state index in [-0.39, 0.29) is 25.8 Å². The van der Waals surface area contributed by atoms with Crippen LogP contribution in [0.2, 0.25) is 0 Å². The Morgan fingerprint density at radius 2 is 1.46 bits per heavy atom. The Kier molecular flexibility index (Phi) is 19.4. The van der Waals surface area contributed by atoms with Crippen LogP contribution in [-0.2, 0) is 19.1 Å². The van der Waals surface area contributed by atoms with Crippen molar-refractivity contribution >= 4 is 11.9 Å². The Balaban J connectivity index is 3.77. The van der Waals surface area contributed by atoms with Crippen LogP contribution >= 0.6 is 0 Å². The summed E-state index contributed by atoms with van der Waals surface area (Å²) < 4.78 is 10.7. The molecule has 7 heteroatoms. The molecular formula is C28H46NO6+. The summed E-state index contributed by atoms with van der Waals surface area (Å²) in [5.74, 6) is -1.21. The maximum atomic E-state index is 11.8. The molecule has 35 heavy (non-hydrogen) atoms. The molecule has 198 valence electrons. The SMILES string of the molecule is CC/C=C/C=C/C=C/C=C/C=C/CCCCCC(=O)OCC(O)COCCC(C(=O)O)[N+](C)(C)C. The lowest BCUT2D eigenvalue weighted by molar-refractivity contribution is -0.887. The highest BCUT2D eigenvalue weighted by atomic mass is 16.5. The average Bonchev–Trinajstić information content (AvgIpc) is 2.79. The number of quaternary nitrogens is 1. The fraction of sp³-hybridized carbons (Fsp3) is 0.571. The van der Waals surface area contributed by atoms with Crippen LogP contribution in [0.25, 0.3) is 0 Å². The van der Waals surface area contributed by atoms with Gasteiger partial charge in [0, 0.05) is 12.8 Å². The zero-order chi connectivity index (χ0) is 26.4. The average molecular weight is 493 g/mol. The highest BCUT2D eigenvalue weighted by Crippen LogP contribution is 2.09. The van der Waals surface area contributed by atoms with E-state index in [4.69, 9.17) is 9.47 Å². The number of carbonyl (C=O) groups excluding carboxylic acids is 1. The number of carboxylic acids is 1. The summed E-state index contributed by atoms with van der Waals surface area (Å²) in [5.41, 5.74) is 0. The molecule has 0 fully saturated rings. The Labute approximate surface area is 211 Å². The standard InChI is InChI=1S/C28H45NO6/c1-5-6-7-8-9-10-11-12-13-14-15-16-17-18-19-20-27(31)35-24-25(30)23-34-22-21-26(28(32)33)29(2,3)4/h6-15,25-26,30H,5,16-24H2,1-4H3/p+1/b7-6+,9-8+,11-10+,13-12+,15-14+. The molecule has 0 rings (SSSR count). The summed E-state index contributed by atoms with van der Waals surface area (Å²) in [7, 11) is 5.44. The summed E-state index contributed by atoms with van der Waals surface area (Å²) in [6, 6.07) is -0.584. The van der Waals surface area contributed by atoms with Gasteiger partial charge in [-0.15, -0.1) is 0 Å². The second-order valence-corrected chi connectivity index (χ2v) is 9.19. The van der Waals surface area contributed by atoms with E-state index < -0.39 is 18.1 Å². The number of aliphatic hydroxyl groups is 1. The second kappa shape index (κ2) is 20.9. The number of carbonyl (C=O) groups is 2. The van der Waals surface area contributed by atoms with Crippen molar-refractivity contribution in [3.63, 3.8) is 0 Å². The second-order valence-electron chi connectivity index (χ2n) is 9.19. The van der Waals surface area contributed by atoms with Crippen molar-refractivity contribution in [3.05, 3.63) is 60.8 Å². The molecule has 2 unspecified atom stereocenters. The topological polar surface area (TPSA) is 93.1 Å². The zero-order valence-corrected chi connectivity index (χ0v) is 22.0. The van der Waals surface area contributed by atoms with E-state index in [0.717, 1.165) is 32.1 Å². The summed E-state index contributed by atoms with van der Waals surface area (Å²) in [6.45, 7) is 2.20. The lowest BCUT2D eigenvalue weighted by atomic mass is 10.1. The van der Waals surface area contributed by atoms with Crippen LogP contribution in [0.4, 0.5) is 0 Å². The lowest BCUT2D eigenvalue weighted by Crippen LogP contribution is -2.50. The van der Waals surface area contributed by atoms with Crippen LogP contribution in [0.3, 0.4) is 0 Å². The number of carboxylic acid groups (broad SMARTS) is 1. The Bertz CT molecular complexity index is 715. The third kappa shape index (κ3) is 20.6. The molecule has 0 aromatic rings. The molecule has 0 aliphatic carbocycles. The maximum Gasteiger partial charge on any atom is 0.362 e. The number of allylic oxidation sites excluding steroid dienone is 10. The van der Waals surface area contributed by atoms with Gasteiger partial charge in [0.05, 0.1) is 34.4 Å². The maximum absolute atomic E-state index is 11.8. The summed E-state index contributed by atoms with van der Waals surface area (Å²) >= 11 is 0. The molecule has 0 aliphatic rings. The molecule has 0 radical (unpaired) electrons. The third-order valence-corrected chi connectivity index (χ3v) is 5.04. The van der Waals surface area contributed by atoms with E-state index >= 15 is 0 Å². The van der Waals surface area contributed by atoms with Gasteiger partial charge in [-0.25, -0.2) is 4.79 Å². The van der Waals surface area contributed by atoms with Crippen molar-refractivity contribution in [2.45, 2.75) is 64.0 Å². The van der Waals surface area contributed by atoms with Crippen molar-refractivity contribution in [1.29, 1.82) is 0 Å². The number of aliphatic carboxylic acids is 1. The normalized spacial score (nSPS) is 14.7. The van der Waals surface area contributed by atoms with Crippen molar-refractivity contribution in [2.24, 2.45) is 0 Å². The van der Waals surface area contributed by atoms with Crippen molar-refractivity contribution in [2.75, 3.05) is 41.0 Å². The third-order valence-electron chi connectivity index (χ3n) is 5.04. The minimum absolute atomic E-state index is 0.000335. The molecular weight excluding hydrogens is 446 g/mol. The fourth-order valence-electron chi connectivity index (χ4n) is 3.05. The quantitative estimate of drug-likeness (QED) is 0.112.